The number of hydrogen-bond donors (Lipinski definition) is 1. The van der Waals surface area contributed by atoms with E-state index in [0.29, 0.717) is 23.6 Å². The van der Waals surface area contributed by atoms with Gasteiger partial charge in [0, 0.05) is 6.07 Å². The highest BCUT2D eigenvalue weighted by Gasteiger charge is 2.23. The molecule has 1 aromatic carbocycles. The van der Waals surface area contributed by atoms with Gasteiger partial charge in [-0.25, -0.2) is 4.79 Å². The summed E-state index contributed by atoms with van der Waals surface area (Å²) in [6.07, 6.45) is -0.528. The number of benzene rings is 1. The van der Waals surface area contributed by atoms with Crippen LogP contribution in [0.1, 0.15) is 40.6 Å². The summed E-state index contributed by atoms with van der Waals surface area (Å²) in [5.41, 5.74) is 2.37. The van der Waals surface area contributed by atoms with E-state index in [1.54, 1.807) is 32.0 Å². The van der Waals surface area contributed by atoms with Gasteiger partial charge in [0.25, 0.3) is 5.91 Å². The number of rotatable bonds is 5. The molecule has 122 valence electrons. The largest absolute Gasteiger partial charge is 0.449 e. The summed E-state index contributed by atoms with van der Waals surface area (Å²) in [5.74, 6) is -0.0670. The van der Waals surface area contributed by atoms with E-state index in [4.69, 9.17) is 9.26 Å². The Hall–Kier alpha value is -2.63. The molecular weight excluding hydrogens is 296 g/mol. The molecule has 6 heteroatoms. The molecule has 1 N–H and O–H groups in total. The van der Waals surface area contributed by atoms with Gasteiger partial charge in [0.05, 0.1) is 5.56 Å². The number of carbonyl (C=O) groups is 2. The van der Waals surface area contributed by atoms with Crippen molar-refractivity contribution in [1.82, 2.24) is 5.16 Å². The number of ether oxygens (including phenoxy) is 1. The maximum absolute atomic E-state index is 12.2. The molecular formula is C17H20N2O4. The molecule has 0 unspecified atom stereocenters. The quantitative estimate of drug-likeness (QED) is 0.857. The predicted molar refractivity (Wildman–Crippen MR) is 85.3 cm³/mol. The van der Waals surface area contributed by atoms with E-state index < -0.39 is 18.0 Å². The van der Waals surface area contributed by atoms with Crippen molar-refractivity contribution in [2.75, 3.05) is 5.32 Å². The van der Waals surface area contributed by atoms with Gasteiger partial charge in [-0.1, -0.05) is 29.3 Å². The lowest BCUT2D eigenvalue weighted by molar-refractivity contribution is -0.124. The minimum atomic E-state index is -0.889. The predicted octanol–water partition coefficient (Wildman–Crippen LogP) is 3.17. The van der Waals surface area contributed by atoms with Crippen molar-refractivity contribution in [3.8, 4) is 0 Å². The van der Waals surface area contributed by atoms with Crippen LogP contribution in [0.25, 0.3) is 0 Å². The van der Waals surface area contributed by atoms with Gasteiger partial charge in [0.2, 0.25) is 0 Å². The molecule has 0 spiro atoms. The average Bonchev–Trinajstić information content (AvgIpc) is 2.88. The highest BCUT2D eigenvalue weighted by molar-refractivity contribution is 5.97. The lowest BCUT2D eigenvalue weighted by Gasteiger charge is -2.15. The third-order valence-electron chi connectivity index (χ3n) is 3.25. The van der Waals surface area contributed by atoms with E-state index in [2.05, 4.69) is 10.5 Å². The number of anilines is 1. The molecule has 0 aliphatic carbocycles. The number of amides is 1. The Labute approximate surface area is 134 Å². The molecule has 1 heterocycles. The molecule has 0 aliphatic heterocycles. The zero-order valence-electron chi connectivity index (χ0n) is 13.7. The van der Waals surface area contributed by atoms with Crippen molar-refractivity contribution in [2.24, 2.45) is 0 Å². The minimum Gasteiger partial charge on any atom is -0.449 e. The van der Waals surface area contributed by atoms with Gasteiger partial charge >= 0.3 is 5.97 Å². The summed E-state index contributed by atoms with van der Waals surface area (Å²) in [4.78, 5) is 24.4. The van der Waals surface area contributed by atoms with Crippen LogP contribution in [0.5, 0.6) is 0 Å². The second kappa shape index (κ2) is 7.09. The molecule has 2 rings (SSSR count). The fourth-order valence-corrected chi connectivity index (χ4v) is 2.24. The highest BCUT2D eigenvalue weighted by atomic mass is 16.5. The normalized spacial score (nSPS) is 11.8. The molecule has 0 saturated carbocycles. The van der Waals surface area contributed by atoms with Gasteiger partial charge in [-0.05, 0) is 39.3 Å². The third kappa shape index (κ3) is 4.42. The van der Waals surface area contributed by atoms with E-state index in [1.807, 2.05) is 19.9 Å². The number of carbonyl (C=O) groups excluding carboxylic acids is 2. The van der Waals surface area contributed by atoms with Crippen LogP contribution in [-0.4, -0.2) is 23.1 Å². The Bertz CT molecular complexity index is 701. The molecule has 1 aromatic heterocycles. The lowest BCUT2D eigenvalue weighted by Crippen LogP contribution is -2.32. The van der Waals surface area contributed by atoms with Crippen LogP contribution in [0, 0.1) is 20.8 Å². The summed E-state index contributed by atoms with van der Waals surface area (Å²) < 4.78 is 10.2. The monoisotopic (exact) mass is 316 g/mol. The van der Waals surface area contributed by atoms with Gasteiger partial charge in [-0.2, -0.15) is 0 Å². The highest BCUT2D eigenvalue weighted by Crippen LogP contribution is 2.14. The molecule has 6 nitrogen and oxygen atoms in total. The van der Waals surface area contributed by atoms with Crippen LogP contribution in [0.3, 0.4) is 0 Å². The second-order valence-corrected chi connectivity index (χ2v) is 5.49. The molecule has 0 saturated heterocycles. The van der Waals surface area contributed by atoms with Crippen molar-refractivity contribution in [3.05, 3.63) is 46.7 Å². The Balaban J connectivity index is 2.05. The zero-order chi connectivity index (χ0) is 17.0. The average molecular weight is 316 g/mol. The molecule has 0 bridgehead atoms. The van der Waals surface area contributed by atoms with Crippen LogP contribution in [0.2, 0.25) is 0 Å². The molecule has 1 amide bonds. The van der Waals surface area contributed by atoms with Crippen LogP contribution < -0.4 is 5.32 Å². The number of nitrogens with one attached hydrogen (secondary N) is 1. The summed E-state index contributed by atoms with van der Waals surface area (Å²) in [6.45, 7) is 7.30. The van der Waals surface area contributed by atoms with Crippen molar-refractivity contribution < 1.29 is 18.8 Å². The van der Waals surface area contributed by atoms with E-state index >= 15 is 0 Å². The van der Waals surface area contributed by atoms with Gasteiger partial charge in [0.15, 0.2) is 11.9 Å². The first-order valence-electron chi connectivity index (χ1n) is 7.42. The minimum absolute atomic E-state index is 0.299. The van der Waals surface area contributed by atoms with Crippen LogP contribution >= 0.6 is 0 Å². The Morgan fingerprint density at radius 2 is 1.83 bits per heavy atom. The van der Waals surface area contributed by atoms with Gasteiger partial charge in [0.1, 0.15) is 5.76 Å². The Kier molecular flexibility index (Phi) is 5.16. The zero-order valence-corrected chi connectivity index (χ0v) is 13.7. The number of nitrogens with zero attached hydrogens (tertiary/aromatic N) is 1. The first-order chi connectivity index (χ1) is 10.9. The van der Waals surface area contributed by atoms with Crippen molar-refractivity contribution in [3.63, 3.8) is 0 Å². The van der Waals surface area contributed by atoms with E-state index in [1.165, 1.54) is 0 Å². The van der Waals surface area contributed by atoms with Crippen LogP contribution in [-0.2, 0) is 9.53 Å². The standard InChI is InChI=1S/C17H20N2O4/c1-5-14(16(20)18-15-9-12(4)23-19-15)22-17(21)13-7-10(2)6-11(3)8-13/h6-9,14H,5H2,1-4H3,(H,18,19,20)/t14-/m0/s1. The Morgan fingerprint density at radius 1 is 1.17 bits per heavy atom. The maximum Gasteiger partial charge on any atom is 0.338 e. The van der Waals surface area contributed by atoms with E-state index in [-0.39, 0.29) is 0 Å². The number of aromatic nitrogens is 1. The SMILES string of the molecule is CC[C@H](OC(=O)c1cc(C)cc(C)c1)C(=O)Nc1cc(C)on1. The van der Waals surface area contributed by atoms with Gasteiger partial charge in [-0.15, -0.1) is 0 Å². The fraction of sp³-hybridized carbons (Fsp3) is 0.353. The smallest absolute Gasteiger partial charge is 0.338 e. The topological polar surface area (TPSA) is 81.4 Å². The molecule has 23 heavy (non-hydrogen) atoms. The van der Waals surface area contributed by atoms with Crippen LogP contribution in [0.15, 0.2) is 28.8 Å². The summed E-state index contributed by atoms with van der Waals surface area (Å²) >= 11 is 0. The molecule has 2 aromatic rings. The lowest BCUT2D eigenvalue weighted by atomic mass is 10.1. The first kappa shape index (κ1) is 16.7. The van der Waals surface area contributed by atoms with E-state index in [0.717, 1.165) is 11.1 Å². The molecule has 0 aliphatic rings. The summed E-state index contributed by atoms with van der Waals surface area (Å²) in [6, 6.07) is 7.03. The van der Waals surface area contributed by atoms with Gasteiger partial charge < -0.3 is 14.6 Å². The van der Waals surface area contributed by atoms with Gasteiger partial charge in [-0.3, -0.25) is 4.79 Å². The Morgan fingerprint density at radius 3 is 2.35 bits per heavy atom. The van der Waals surface area contributed by atoms with E-state index in [9.17, 15) is 9.59 Å². The molecule has 0 radical (unpaired) electrons. The maximum atomic E-state index is 12.2. The summed E-state index contributed by atoms with van der Waals surface area (Å²) in [7, 11) is 0. The second-order valence-electron chi connectivity index (χ2n) is 5.49. The third-order valence-corrected chi connectivity index (χ3v) is 3.25. The first-order valence-corrected chi connectivity index (χ1v) is 7.42. The molecule has 1 atom stereocenters. The van der Waals surface area contributed by atoms with Crippen molar-refractivity contribution in [2.45, 2.75) is 40.2 Å². The number of hydrogen-bond acceptors (Lipinski definition) is 5. The number of esters is 1. The summed E-state index contributed by atoms with van der Waals surface area (Å²) in [5, 5.41) is 6.26. The number of aryl methyl sites for hydroxylation is 3. The fourth-order valence-electron chi connectivity index (χ4n) is 2.24. The van der Waals surface area contributed by atoms with Crippen molar-refractivity contribution in [1.29, 1.82) is 0 Å². The van der Waals surface area contributed by atoms with Crippen LogP contribution in [0.4, 0.5) is 5.82 Å². The van der Waals surface area contributed by atoms with Crippen molar-refractivity contribution >= 4 is 17.7 Å². The molecule has 0 fully saturated rings.